The smallest absolute Gasteiger partial charge is 0.0641 e. The molecule has 2 N–H and O–H groups in total. The van der Waals surface area contributed by atoms with Crippen LogP contribution in [0, 0.1) is 0 Å². The lowest BCUT2D eigenvalue weighted by Crippen LogP contribution is -1.96. The maximum absolute atomic E-state index is 5.92. The van der Waals surface area contributed by atoms with Crippen molar-refractivity contribution < 1.29 is 0 Å². The van der Waals surface area contributed by atoms with Crippen molar-refractivity contribution in [3.63, 3.8) is 0 Å². The number of nitrogen functional groups attached to an aromatic ring is 1. The van der Waals surface area contributed by atoms with Gasteiger partial charge < -0.3 is 5.73 Å². The number of unbranched alkanes of at least 4 members (excludes halogenated alkanes) is 1. The highest BCUT2D eigenvalue weighted by atomic mass is 35.5. The molecule has 0 aromatic carbocycles. The molecule has 0 amide bonds. The van der Waals surface area contributed by atoms with Crippen molar-refractivity contribution in [1.82, 2.24) is 4.98 Å². The molecule has 0 unspecified atom stereocenters. The molecule has 0 radical (unpaired) electrons. The second-order valence-electron chi connectivity index (χ2n) is 2.79. The Hall–Kier alpha value is -0.760. The number of rotatable bonds is 3. The van der Waals surface area contributed by atoms with Crippen molar-refractivity contribution in [2.24, 2.45) is 0 Å². The average Bonchev–Trinajstić information content (AvgIpc) is 2.04. The van der Waals surface area contributed by atoms with E-state index in [2.05, 4.69) is 11.9 Å². The molecular formula is C9H13ClN2. The van der Waals surface area contributed by atoms with E-state index < -0.39 is 0 Å². The van der Waals surface area contributed by atoms with Crippen molar-refractivity contribution in [1.29, 1.82) is 0 Å². The van der Waals surface area contributed by atoms with Gasteiger partial charge >= 0.3 is 0 Å². The Labute approximate surface area is 77.8 Å². The Balaban J connectivity index is 2.81. The molecule has 0 aliphatic carbocycles. The van der Waals surface area contributed by atoms with Gasteiger partial charge in [-0.3, -0.25) is 4.98 Å². The van der Waals surface area contributed by atoms with Crippen LogP contribution in [0.1, 0.15) is 25.3 Å². The van der Waals surface area contributed by atoms with Gasteiger partial charge in [0.05, 0.1) is 16.9 Å². The van der Waals surface area contributed by atoms with Crippen LogP contribution in [0.3, 0.4) is 0 Å². The molecule has 2 nitrogen and oxygen atoms in total. The van der Waals surface area contributed by atoms with Crippen molar-refractivity contribution in [3.05, 3.63) is 23.0 Å². The minimum Gasteiger partial charge on any atom is -0.397 e. The van der Waals surface area contributed by atoms with Crippen molar-refractivity contribution in [3.8, 4) is 0 Å². The highest BCUT2D eigenvalue weighted by Crippen LogP contribution is 2.22. The number of hydrogen-bond acceptors (Lipinski definition) is 2. The molecule has 0 aliphatic heterocycles. The van der Waals surface area contributed by atoms with Crippen molar-refractivity contribution in [2.45, 2.75) is 26.2 Å². The molecule has 0 spiro atoms. The second-order valence-corrected chi connectivity index (χ2v) is 3.20. The van der Waals surface area contributed by atoms with E-state index in [-0.39, 0.29) is 0 Å². The Morgan fingerprint density at radius 3 is 2.83 bits per heavy atom. The third-order valence-corrected chi connectivity index (χ3v) is 2.14. The quantitative estimate of drug-likeness (QED) is 0.785. The molecular weight excluding hydrogens is 172 g/mol. The summed E-state index contributed by atoms with van der Waals surface area (Å²) in [5.41, 5.74) is 7.46. The number of anilines is 1. The lowest BCUT2D eigenvalue weighted by molar-refractivity contribution is 0.795. The number of nitrogens with two attached hydrogens (primary N) is 1. The van der Waals surface area contributed by atoms with Crippen LogP contribution in [0.2, 0.25) is 5.02 Å². The molecule has 1 rings (SSSR count). The summed E-state index contributed by atoms with van der Waals surface area (Å²) >= 11 is 5.92. The van der Waals surface area contributed by atoms with Crippen molar-refractivity contribution >= 4 is 17.3 Å². The van der Waals surface area contributed by atoms with E-state index >= 15 is 0 Å². The topological polar surface area (TPSA) is 38.9 Å². The van der Waals surface area contributed by atoms with E-state index in [1.54, 1.807) is 12.4 Å². The third kappa shape index (κ3) is 2.11. The minimum atomic E-state index is 0.684. The van der Waals surface area contributed by atoms with E-state index in [0.717, 1.165) is 24.8 Å². The lowest BCUT2D eigenvalue weighted by Gasteiger charge is -2.05. The first-order chi connectivity index (χ1) is 5.75. The summed E-state index contributed by atoms with van der Waals surface area (Å²) in [4.78, 5) is 3.90. The van der Waals surface area contributed by atoms with E-state index in [4.69, 9.17) is 17.3 Å². The first kappa shape index (κ1) is 9.33. The standard InChI is InChI=1S/C9H13ClN2/c1-2-3-4-7-8(10)5-12-6-9(7)11/h5-6H,2-4,11H2,1H3. The largest absolute Gasteiger partial charge is 0.397 e. The molecule has 0 saturated carbocycles. The average molecular weight is 185 g/mol. The lowest BCUT2D eigenvalue weighted by atomic mass is 10.1. The number of aromatic nitrogens is 1. The van der Waals surface area contributed by atoms with Gasteiger partial charge in [-0.05, 0) is 18.4 Å². The second kappa shape index (κ2) is 4.31. The monoisotopic (exact) mass is 184 g/mol. The molecule has 0 atom stereocenters. The van der Waals surface area contributed by atoms with Gasteiger partial charge in [-0.15, -0.1) is 0 Å². The van der Waals surface area contributed by atoms with E-state index in [1.807, 2.05) is 0 Å². The fraction of sp³-hybridized carbons (Fsp3) is 0.444. The maximum Gasteiger partial charge on any atom is 0.0641 e. The first-order valence-corrected chi connectivity index (χ1v) is 4.51. The zero-order valence-electron chi connectivity index (χ0n) is 7.18. The van der Waals surface area contributed by atoms with Gasteiger partial charge in [0, 0.05) is 6.20 Å². The predicted octanol–water partition coefficient (Wildman–Crippen LogP) is 2.66. The molecule has 3 heteroatoms. The van der Waals surface area contributed by atoms with Crippen LogP contribution in [0.5, 0.6) is 0 Å². The zero-order valence-corrected chi connectivity index (χ0v) is 7.93. The van der Waals surface area contributed by atoms with Gasteiger partial charge in [0.15, 0.2) is 0 Å². The van der Waals surface area contributed by atoms with Crippen LogP contribution in [0.25, 0.3) is 0 Å². The highest BCUT2D eigenvalue weighted by molar-refractivity contribution is 6.31. The van der Waals surface area contributed by atoms with Gasteiger partial charge in [0.25, 0.3) is 0 Å². The summed E-state index contributed by atoms with van der Waals surface area (Å²) < 4.78 is 0. The van der Waals surface area contributed by atoms with Crippen LogP contribution in [0.15, 0.2) is 12.4 Å². The normalized spacial score (nSPS) is 10.2. The van der Waals surface area contributed by atoms with Crippen molar-refractivity contribution in [2.75, 3.05) is 5.73 Å². The van der Waals surface area contributed by atoms with Gasteiger partial charge in [-0.2, -0.15) is 0 Å². The fourth-order valence-corrected chi connectivity index (χ4v) is 1.35. The Kier molecular flexibility index (Phi) is 3.35. The molecule has 0 bridgehead atoms. The van der Waals surface area contributed by atoms with E-state index in [1.165, 1.54) is 0 Å². The van der Waals surface area contributed by atoms with E-state index in [0.29, 0.717) is 10.7 Å². The van der Waals surface area contributed by atoms with Crippen LogP contribution < -0.4 is 5.73 Å². The SMILES string of the molecule is CCCCc1c(N)cncc1Cl. The predicted molar refractivity (Wildman–Crippen MR) is 52.3 cm³/mol. The first-order valence-electron chi connectivity index (χ1n) is 4.13. The number of halogens is 1. The molecule has 1 heterocycles. The molecule has 1 aromatic heterocycles. The molecule has 66 valence electrons. The third-order valence-electron chi connectivity index (χ3n) is 1.82. The van der Waals surface area contributed by atoms with Crippen LogP contribution in [-0.2, 0) is 6.42 Å². The zero-order chi connectivity index (χ0) is 8.97. The molecule has 0 saturated heterocycles. The summed E-state index contributed by atoms with van der Waals surface area (Å²) in [6, 6.07) is 0. The van der Waals surface area contributed by atoms with Gasteiger partial charge in [-0.25, -0.2) is 0 Å². The van der Waals surface area contributed by atoms with Crippen LogP contribution in [-0.4, -0.2) is 4.98 Å². The molecule has 12 heavy (non-hydrogen) atoms. The summed E-state index contributed by atoms with van der Waals surface area (Å²) in [5, 5.41) is 0.684. The Morgan fingerprint density at radius 2 is 2.25 bits per heavy atom. The highest BCUT2D eigenvalue weighted by Gasteiger charge is 2.03. The Bertz CT molecular complexity index is 240. The molecule has 0 fully saturated rings. The van der Waals surface area contributed by atoms with Crippen LogP contribution in [0.4, 0.5) is 5.69 Å². The summed E-state index contributed by atoms with van der Waals surface area (Å²) in [6.07, 6.45) is 6.51. The van der Waals surface area contributed by atoms with Gasteiger partial charge in [-0.1, -0.05) is 24.9 Å². The summed E-state index contributed by atoms with van der Waals surface area (Å²) in [6.45, 7) is 2.14. The van der Waals surface area contributed by atoms with Crippen LogP contribution >= 0.6 is 11.6 Å². The molecule has 1 aromatic rings. The molecule has 0 aliphatic rings. The summed E-state index contributed by atoms with van der Waals surface area (Å²) in [5.74, 6) is 0. The Morgan fingerprint density at radius 1 is 1.50 bits per heavy atom. The van der Waals surface area contributed by atoms with E-state index in [9.17, 15) is 0 Å². The summed E-state index contributed by atoms with van der Waals surface area (Å²) in [7, 11) is 0. The number of pyridine rings is 1. The number of hydrogen-bond donors (Lipinski definition) is 1. The fourth-order valence-electron chi connectivity index (χ4n) is 1.09. The number of nitrogens with zero attached hydrogens (tertiary/aromatic N) is 1. The minimum absolute atomic E-state index is 0.684. The van der Waals surface area contributed by atoms with Gasteiger partial charge in [0.2, 0.25) is 0 Å². The van der Waals surface area contributed by atoms with Gasteiger partial charge in [0.1, 0.15) is 0 Å². The maximum atomic E-state index is 5.92.